The van der Waals surface area contributed by atoms with Crippen molar-refractivity contribution in [3.63, 3.8) is 0 Å². The number of nitrogens with zero attached hydrogens (tertiary/aromatic N) is 1. The van der Waals surface area contributed by atoms with Crippen molar-refractivity contribution in [3.05, 3.63) is 35.9 Å². The van der Waals surface area contributed by atoms with Crippen LogP contribution in [0.5, 0.6) is 0 Å². The monoisotopic (exact) mass is 248 g/mol. The van der Waals surface area contributed by atoms with E-state index in [-0.39, 0.29) is 25.1 Å². The highest BCUT2D eigenvalue weighted by molar-refractivity contribution is 5.94. The number of nitrogens with one attached hydrogen (secondary N) is 1. The van der Waals surface area contributed by atoms with Crippen LogP contribution >= 0.6 is 0 Å². The van der Waals surface area contributed by atoms with Gasteiger partial charge in [-0.1, -0.05) is 30.3 Å². The second-order valence-electron chi connectivity index (χ2n) is 4.21. The second kappa shape index (κ2) is 5.64. The molecule has 0 saturated carbocycles. The van der Waals surface area contributed by atoms with Crippen LogP contribution < -0.4 is 5.32 Å². The Balaban J connectivity index is 2.07. The van der Waals surface area contributed by atoms with Crippen molar-refractivity contribution in [2.75, 3.05) is 20.2 Å². The smallest absolute Gasteiger partial charge is 0.417 e. The van der Waals surface area contributed by atoms with Crippen LogP contribution in [0.2, 0.25) is 0 Å². The van der Waals surface area contributed by atoms with E-state index in [0.717, 1.165) is 5.56 Å². The Bertz CT molecular complexity index is 433. The van der Waals surface area contributed by atoms with Gasteiger partial charge in [0.2, 0.25) is 5.91 Å². The lowest BCUT2D eigenvalue weighted by Gasteiger charge is -2.19. The summed E-state index contributed by atoms with van der Waals surface area (Å²) < 4.78 is 4.96. The van der Waals surface area contributed by atoms with Crippen LogP contribution in [0.3, 0.4) is 0 Å². The number of cyclic esters (lactones) is 1. The van der Waals surface area contributed by atoms with Crippen LogP contribution in [0.1, 0.15) is 5.56 Å². The summed E-state index contributed by atoms with van der Waals surface area (Å²) in [5.74, 6) is -0.249. The number of benzene rings is 1. The van der Waals surface area contributed by atoms with E-state index >= 15 is 0 Å². The molecule has 2 amide bonds. The first-order chi connectivity index (χ1) is 8.72. The lowest BCUT2D eigenvalue weighted by molar-refractivity contribution is -0.128. The first-order valence-electron chi connectivity index (χ1n) is 5.89. The third kappa shape index (κ3) is 2.68. The first-order valence-corrected chi connectivity index (χ1v) is 5.89. The Morgan fingerprint density at radius 1 is 1.44 bits per heavy atom. The van der Waals surface area contributed by atoms with Crippen molar-refractivity contribution >= 4 is 12.0 Å². The predicted molar refractivity (Wildman–Crippen MR) is 66.1 cm³/mol. The molecule has 0 radical (unpaired) electrons. The van der Waals surface area contributed by atoms with Gasteiger partial charge in [0.05, 0.1) is 12.6 Å². The molecule has 1 fully saturated rings. The van der Waals surface area contributed by atoms with Crippen LogP contribution in [0.4, 0.5) is 4.79 Å². The molecule has 1 N–H and O–H groups in total. The molecule has 1 aromatic rings. The Morgan fingerprint density at radius 3 is 2.83 bits per heavy atom. The molecule has 5 nitrogen and oxygen atoms in total. The first kappa shape index (κ1) is 12.6. The second-order valence-corrected chi connectivity index (χ2v) is 4.21. The molecule has 1 saturated heterocycles. The Labute approximate surface area is 106 Å². The highest BCUT2D eigenvalue weighted by Crippen LogP contribution is 2.17. The molecule has 96 valence electrons. The van der Waals surface area contributed by atoms with Crippen molar-refractivity contribution < 1.29 is 14.3 Å². The van der Waals surface area contributed by atoms with Gasteiger partial charge in [0.15, 0.2) is 0 Å². The summed E-state index contributed by atoms with van der Waals surface area (Å²) >= 11 is 0. The molecule has 2 rings (SSSR count). The number of ether oxygens (including phenoxy) is 1. The van der Waals surface area contributed by atoms with Crippen LogP contribution in [0.15, 0.2) is 30.3 Å². The Kier molecular flexibility index (Phi) is 3.94. The van der Waals surface area contributed by atoms with Crippen molar-refractivity contribution in [1.82, 2.24) is 10.2 Å². The highest BCUT2D eigenvalue weighted by atomic mass is 16.6. The maximum Gasteiger partial charge on any atom is 0.417 e. The fourth-order valence-electron chi connectivity index (χ4n) is 2.04. The standard InChI is InChI=1S/C13H16N2O3/c1-14-8-12(16)15-11(9-18-13(15)17)7-10-5-3-2-4-6-10/h2-6,11,14H,7-9H2,1H3. The average molecular weight is 248 g/mol. The quantitative estimate of drug-likeness (QED) is 0.856. The molecular weight excluding hydrogens is 232 g/mol. The highest BCUT2D eigenvalue weighted by Gasteiger charge is 2.37. The van der Waals surface area contributed by atoms with Gasteiger partial charge in [-0.05, 0) is 19.0 Å². The van der Waals surface area contributed by atoms with Gasteiger partial charge in [0, 0.05) is 0 Å². The fourth-order valence-corrected chi connectivity index (χ4v) is 2.04. The zero-order chi connectivity index (χ0) is 13.0. The van der Waals surface area contributed by atoms with Gasteiger partial charge >= 0.3 is 6.09 Å². The molecule has 1 atom stereocenters. The van der Waals surface area contributed by atoms with E-state index in [9.17, 15) is 9.59 Å². The molecule has 0 spiro atoms. The number of hydrogen-bond donors (Lipinski definition) is 1. The number of likely N-dealkylation sites (N-methyl/N-ethyl adjacent to an activating group) is 1. The van der Waals surface area contributed by atoms with Crippen LogP contribution in [-0.2, 0) is 16.0 Å². The molecule has 1 aromatic carbocycles. The van der Waals surface area contributed by atoms with Crippen LogP contribution in [0.25, 0.3) is 0 Å². The van der Waals surface area contributed by atoms with E-state index in [2.05, 4.69) is 5.32 Å². The summed E-state index contributed by atoms with van der Waals surface area (Å²) in [5, 5.41) is 2.75. The van der Waals surface area contributed by atoms with Crippen molar-refractivity contribution in [3.8, 4) is 0 Å². The lowest BCUT2D eigenvalue weighted by Crippen LogP contribution is -2.44. The van der Waals surface area contributed by atoms with E-state index in [4.69, 9.17) is 4.74 Å². The van der Waals surface area contributed by atoms with Gasteiger partial charge in [-0.15, -0.1) is 0 Å². The van der Waals surface area contributed by atoms with E-state index in [1.165, 1.54) is 4.90 Å². The Morgan fingerprint density at radius 2 is 2.17 bits per heavy atom. The average Bonchev–Trinajstić information content (AvgIpc) is 2.72. The largest absolute Gasteiger partial charge is 0.447 e. The minimum atomic E-state index is -0.545. The number of carbonyl (C=O) groups excluding carboxylic acids is 2. The van der Waals surface area contributed by atoms with E-state index in [1.807, 2.05) is 30.3 Å². The van der Waals surface area contributed by atoms with Gasteiger partial charge in [0.25, 0.3) is 0 Å². The summed E-state index contributed by atoms with van der Waals surface area (Å²) in [6.07, 6.45) is 0.0818. The van der Waals surface area contributed by atoms with Gasteiger partial charge in [-0.2, -0.15) is 0 Å². The summed E-state index contributed by atoms with van der Waals surface area (Å²) in [4.78, 5) is 24.6. The lowest BCUT2D eigenvalue weighted by atomic mass is 10.1. The minimum Gasteiger partial charge on any atom is -0.447 e. The van der Waals surface area contributed by atoms with Crippen LogP contribution in [-0.4, -0.2) is 43.1 Å². The van der Waals surface area contributed by atoms with Crippen molar-refractivity contribution in [2.45, 2.75) is 12.5 Å². The number of carbonyl (C=O) groups is 2. The van der Waals surface area contributed by atoms with Gasteiger partial charge < -0.3 is 10.1 Å². The SMILES string of the molecule is CNCC(=O)N1C(=O)OCC1Cc1ccccc1. The molecule has 0 aromatic heterocycles. The molecular formula is C13H16N2O3. The van der Waals surface area contributed by atoms with Crippen molar-refractivity contribution in [1.29, 1.82) is 0 Å². The number of hydrogen-bond acceptors (Lipinski definition) is 4. The molecule has 1 aliphatic rings. The predicted octanol–water partition coefficient (Wildman–Crippen LogP) is 0.796. The maximum absolute atomic E-state index is 11.8. The van der Waals surface area contributed by atoms with E-state index < -0.39 is 6.09 Å². The fraction of sp³-hybridized carbons (Fsp3) is 0.385. The normalized spacial score (nSPS) is 18.8. The van der Waals surface area contributed by atoms with E-state index in [0.29, 0.717) is 6.42 Å². The molecule has 1 unspecified atom stereocenters. The Hall–Kier alpha value is -1.88. The minimum absolute atomic E-state index is 0.139. The third-order valence-electron chi connectivity index (χ3n) is 2.87. The zero-order valence-electron chi connectivity index (χ0n) is 10.3. The maximum atomic E-state index is 11.8. The van der Waals surface area contributed by atoms with Gasteiger partial charge in [-0.25, -0.2) is 9.69 Å². The van der Waals surface area contributed by atoms with Gasteiger partial charge in [0.1, 0.15) is 6.61 Å². The van der Waals surface area contributed by atoms with E-state index in [1.54, 1.807) is 7.05 Å². The molecule has 1 aliphatic heterocycles. The van der Waals surface area contributed by atoms with Gasteiger partial charge in [-0.3, -0.25) is 4.79 Å². The molecule has 1 heterocycles. The third-order valence-corrected chi connectivity index (χ3v) is 2.87. The van der Waals surface area contributed by atoms with Crippen LogP contribution in [0, 0.1) is 0 Å². The molecule has 0 bridgehead atoms. The van der Waals surface area contributed by atoms with Crippen molar-refractivity contribution in [2.24, 2.45) is 0 Å². The molecule has 0 aliphatic carbocycles. The molecule has 5 heteroatoms. The number of imide groups is 1. The summed E-state index contributed by atoms with van der Waals surface area (Å²) in [5.41, 5.74) is 1.09. The molecule has 18 heavy (non-hydrogen) atoms. The zero-order valence-corrected chi connectivity index (χ0v) is 10.3. The number of rotatable bonds is 4. The number of amides is 2. The summed E-state index contributed by atoms with van der Waals surface area (Å²) in [6, 6.07) is 9.55. The summed E-state index contributed by atoms with van der Waals surface area (Å²) in [7, 11) is 1.67. The summed E-state index contributed by atoms with van der Waals surface area (Å²) in [6.45, 7) is 0.406. The topological polar surface area (TPSA) is 58.6 Å².